The van der Waals surface area contributed by atoms with Crippen LogP contribution in [0.25, 0.3) is 0 Å². The summed E-state index contributed by atoms with van der Waals surface area (Å²) >= 11 is 0. The molecule has 5 heteroatoms. The van der Waals surface area contributed by atoms with E-state index in [0.29, 0.717) is 0 Å². The molecule has 0 heterocycles. The van der Waals surface area contributed by atoms with Gasteiger partial charge >= 0.3 is 0 Å². The van der Waals surface area contributed by atoms with Gasteiger partial charge in [0.25, 0.3) is 10.9 Å². The zero-order valence-corrected chi connectivity index (χ0v) is 5.30. The van der Waals surface area contributed by atoms with Crippen molar-refractivity contribution in [3.05, 3.63) is 20.4 Å². The average Bonchev–Trinajstić information content (AvgIpc) is 1.98. The van der Waals surface area contributed by atoms with Crippen LogP contribution < -0.4 is 22.1 Å². The summed E-state index contributed by atoms with van der Waals surface area (Å²) in [5.41, 5.74) is 6.01. The van der Waals surface area contributed by atoms with Gasteiger partial charge in [0.15, 0.2) is 0 Å². The molecule has 1 rings (SSSR count). The minimum absolute atomic E-state index is 0.0486. The van der Waals surface area contributed by atoms with Crippen LogP contribution in [0.1, 0.15) is 0 Å². The van der Waals surface area contributed by atoms with Crippen LogP contribution in [-0.4, -0.2) is 7.11 Å². The van der Waals surface area contributed by atoms with E-state index in [1.807, 2.05) is 0 Å². The second-order valence-electron chi connectivity index (χ2n) is 1.75. The van der Waals surface area contributed by atoms with Gasteiger partial charge in [0.1, 0.15) is 11.4 Å². The van der Waals surface area contributed by atoms with Gasteiger partial charge < -0.3 is 5.73 Å². The predicted molar refractivity (Wildman–Crippen MR) is 36.4 cm³/mol. The van der Waals surface area contributed by atoms with Crippen LogP contribution in [0.2, 0.25) is 0 Å². The summed E-state index contributed by atoms with van der Waals surface area (Å²) in [6.45, 7) is 0. The molecule has 10 heavy (non-hydrogen) atoms. The highest BCUT2D eigenvalue weighted by Gasteiger charge is 2.16. The van der Waals surface area contributed by atoms with Gasteiger partial charge in [0, 0.05) is 0 Å². The SMILES string of the molecule is CONc1c(N)c(=O)c1=O. The first-order valence-electron chi connectivity index (χ1n) is 2.56. The minimum atomic E-state index is -0.653. The molecule has 0 unspecified atom stereocenters. The number of rotatable bonds is 2. The Morgan fingerprint density at radius 1 is 1.40 bits per heavy atom. The molecule has 0 radical (unpaired) electrons. The fraction of sp³-hybridized carbons (Fsp3) is 0.200. The van der Waals surface area contributed by atoms with Crippen molar-refractivity contribution in [1.29, 1.82) is 0 Å². The maximum Gasteiger partial charge on any atom is 0.255 e. The summed E-state index contributed by atoms with van der Waals surface area (Å²) in [6, 6.07) is 0. The summed E-state index contributed by atoms with van der Waals surface area (Å²) in [5.74, 6) is 0. The molecule has 0 spiro atoms. The number of anilines is 2. The second kappa shape index (κ2) is 2.11. The molecule has 0 saturated carbocycles. The van der Waals surface area contributed by atoms with Crippen molar-refractivity contribution >= 4 is 11.4 Å². The van der Waals surface area contributed by atoms with Crippen molar-refractivity contribution in [3.63, 3.8) is 0 Å². The van der Waals surface area contributed by atoms with Gasteiger partial charge in [0.2, 0.25) is 0 Å². The zero-order chi connectivity index (χ0) is 7.72. The molecule has 0 fully saturated rings. The van der Waals surface area contributed by atoms with Gasteiger partial charge in [-0.25, -0.2) is 0 Å². The Hall–Kier alpha value is -1.36. The van der Waals surface area contributed by atoms with Crippen molar-refractivity contribution in [2.24, 2.45) is 0 Å². The Labute approximate surface area is 56.1 Å². The van der Waals surface area contributed by atoms with Crippen LogP contribution in [0.15, 0.2) is 9.59 Å². The standard InChI is InChI=1S/C5H6N2O3/c1-10-7-3-2(6)4(8)5(3)9/h7H,6H2,1H3. The molecule has 3 N–H and O–H groups in total. The van der Waals surface area contributed by atoms with Gasteiger partial charge in [-0.2, -0.15) is 0 Å². The first kappa shape index (κ1) is 6.76. The molecule has 54 valence electrons. The van der Waals surface area contributed by atoms with Gasteiger partial charge in [0.05, 0.1) is 7.11 Å². The lowest BCUT2D eigenvalue weighted by Crippen LogP contribution is -2.36. The lowest BCUT2D eigenvalue weighted by molar-refractivity contribution is 0.270. The number of nitrogens with two attached hydrogens (primary N) is 1. The van der Waals surface area contributed by atoms with Crippen molar-refractivity contribution in [1.82, 2.24) is 0 Å². The summed E-state index contributed by atoms with van der Waals surface area (Å²) in [7, 11) is 1.33. The molecule has 5 nitrogen and oxygen atoms in total. The largest absolute Gasteiger partial charge is 0.394 e. The quantitative estimate of drug-likeness (QED) is 0.402. The second-order valence-corrected chi connectivity index (χ2v) is 1.75. The molecular formula is C5H6N2O3. The molecule has 0 aliphatic heterocycles. The van der Waals surface area contributed by atoms with E-state index in [0.717, 1.165) is 0 Å². The van der Waals surface area contributed by atoms with Crippen LogP contribution in [0.4, 0.5) is 11.4 Å². The van der Waals surface area contributed by atoms with Crippen molar-refractivity contribution in [2.75, 3.05) is 18.3 Å². The number of hydrogen-bond donors (Lipinski definition) is 2. The Bertz CT molecular complexity index is 310. The van der Waals surface area contributed by atoms with E-state index in [1.165, 1.54) is 7.11 Å². The van der Waals surface area contributed by atoms with Gasteiger partial charge in [-0.15, -0.1) is 0 Å². The fourth-order valence-corrected chi connectivity index (χ4v) is 0.613. The summed E-state index contributed by atoms with van der Waals surface area (Å²) < 4.78 is 0. The van der Waals surface area contributed by atoms with Gasteiger partial charge in [-0.05, 0) is 0 Å². The van der Waals surface area contributed by atoms with Gasteiger partial charge in [-0.3, -0.25) is 19.9 Å². The van der Waals surface area contributed by atoms with Crippen LogP contribution in [0.5, 0.6) is 0 Å². The van der Waals surface area contributed by atoms with E-state index in [-0.39, 0.29) is 11.4 Å². The normalized spacial score (nSPS) is 10.1. The number of nitrogens with one attached hydrogen (secondary N) is 1. The number of nitrogen functional groups attached to an aromatic ring is 1. The number of hydrogen-bond acceptors (Lipinski definition) is 5. The Morgan fingerprint density at radius 2 is 2.00 bits per heavy atom. The first-order chi connectivity index (χ1) is 4.68. The van der Waals surface area contributed by atoms with Crippen LogP contribution >= 0.6 is 0 Å². The third-order valence-corrected chi connectivity index (χ3v) is 1.15. The molecule has 0 amide bonds. The Morgan fingerprint density at radius 3 is 2.40 bits per heavy atom. The zero-order valence-electron chi connectivity index (χ0n) is 5.30. The molecule has 0 aromatic heterocycles. The van der Waals surface area contributed by atoms with E-state index in [2.05, 4.69) is 10.3 Å². The molecule has 1 aromatic rings. The van der Waals surface area contributed by atoms with Crippen molar-refractivity contribution in [3.8, 4) is 0 Å². The summed E-state index contributed by atoms with van der Waals surface area (Å²) in [5, 5.41) is 0. The Kier molecular flexibility index (Phi) is 1.42. The Balaban J connectivity index is 2.99. The topological polar surface area (TPSA) is 81.4 Å². The smallest absolute Gasteiger partial charge is 0.255 e. The molecule has 0 aliphatic rings. The third kappa shape index (κ3) is 0.679. The molecule has 1 aromatic carbocycles. The van der Waals surface area contributed by atoms with E-state index in [4.69, 9.17) is 5.73 Å². The van der Waals surface area contributed by atoms with Crippen molar-refractivity contribution < 1.29 is 4.84 Å². The maximum absolute atomic E-state index is 10.5. The lowest BCUT2D eigenvalue weighted by atomic mass is 10.2. The molecular weight excluding hydrogens is 136 g/mol. The van der Waals surface area contributed by atoms with E-state index in [1.54, 1.807) is 0 Å². The van der Waals surface area contributed by atoms with Gasteiger partial charge in [-0.1, -0.05) is 0 Å². The molecule has 0 bridgehead atoms. The third-order valence-electron chi connectivity index (χ3n) is 1.15. The fourth-order valence-electron chi connectivity index (χ4n) is 0.613. The molecule has 0 saturated heterocycles. The first-order valence-corrected chi connectivity index (χ1v) is 2.56. The van der Waals surface area contributed by atoms with Crippen LogP contribution in [-0.2, 0) is 4.84 Å². The molecule has 0 aliphatic carbocycles. The van der Waals surface area contributed by atoms with Crippen LogP contribution in [0, 0.1) is 0 Å². The highest BCUT2D eigenvalue weighted by Crippen LogP contribution is 2.07. The minimum Gasteiger partial charge on any atom is -0.394 e. The monoisotopic (exact) mass is 142 g/mol. The summed E-state index contributed by atoms with van der Waals surface area (Å²) in [4.78, 5) is 25.3. The summed E-state index contributed by atoms with van der Waals surface area (Å²) in [6.07, 6.45) is 0. The predicted octanol–water partition coefficient (Wildman–Crippen LogP) is -1.16. The maximum atomic E-state index is 10.5. The highest BCUT2D eigenvalue weighted by atomic mass is 16.6. The lowest BCUT2D eigenvalue weighted by Gasteiger charge is -2.05. The highest BCUT2D eigenvalue weighted by molar-refractivity contribution is 5.70. The van der Waals surface area contributed by atoms with E-state index < -0.39 is 10.9 Å². The van der Waals surface area contributed by atoms with E-state index >= 15 is 0 Å². The molecule has 0 atom stereocenters. The average molecular weight is 142 g/mol. The van der Waals surface area contributed by atoms with E-state index in [9.17, 15) is 9.59 Å². The van der Waals surface area contributed by atoms with Crippen LogP contribution in [0.3, 0.4) is 0 Å². The van der Waals surface area contributed by atoms with Crippen molar-refractivity contribution in [2.45, 2.75) is 0 Å².